The Morgan fingerprint density at radius 3 is 1.41 bits per heavy atom. The Morgan fingerprint density at radius 1 is 0.673 bits per heavy atom. The predicted molar refractivity (Wildman–Crippen MR) is 195 cm³/mol. The molecule has 0 radical (unpaired) electrons. The number of hydrogen-bond donors (Lipinski definition) is 0. The molecule has 3 aliphatic rings. The minimum Gasteiger partial charge on any atom is -0.299 e. The van der Waals surface area contributed by atoms with Crippen LogP contribution in [0, 0.1) is 45.3 Å². The molecule has 0 unspecified atom stereocenters. The van der Waals surface area contributed by atoms with Gasteiger partial charge in [0.1, 0.15) is 44.3 Å². The Hall–Kier alpha value is -5.22. The highest BCUT2D eigenvalue weighted by Crippen LogP contribution is 2.53. The van der Waals surface area contributed by atoms with Crippen molar-refractivity contribution >= 4 is 98.3 Å². The summed E-state index contributed by atoms with van der Waals surface area (Å²) in [6.07, 6.45) is 0. The van der Waals surface area contributed by atoms with E-state index in [2.05, 4.69) is 48.1 Å². The molecule has 14 heteroatoms. The second-order valence-corrected chi connectivity index (χ2v) is 15.7. The maximum absolute atomic E-state index is 13.1. The lowest BCUT2D eigenvalue weighted by molar-refractivity contribution is -0.121. The molecule has 2 aromatic heterocycles. The highest BCUT2D eigenvalue weighted by molar-refractivity contribution is 8.20. The number of allylic oxidation sites excluding steroid dienone is 2. The van der Waals surface area contributed by atoms with Crippen molar-refractivity contribution in [3.05, 3.63) is 68.7 Å². The summed E-state index contributed by atoms with van der Waals surface area (Å²) in [5.41, 5.74) is 4.09. The summed E-state index contributed by atoms with van der Waals surface area (Å²) in [5.74, 6) is -0.649. The molecule has 0 saturated carbocycles. The molecule has 7 rings (SSSR count). The van der Waals surface area contributed by atoms with Crippen LogP contribution in [0.25, 0.3) is 31.3 Å². The summed E-state index contributed by atoms with van der Waals surface area (Å²) >= 11 is 5.06. The normalized spacial score (nSPS) is 17.9. The molecule has 0 atom stereocenters. The molecule has 0 spiro atoms. The van der Waals surface area contributed by atoms with Crippen LogP contribution in [0.4, 0.5) is 10.0 Å². The largest absolute Gasteiger partial charge is 0.299 e. The molecular weight excluding hydrogens is 693 g/mol. The Kier molecular flexibility index (Phi) is 7.94. The molecule has 2 saturated heterocycles. The van der Waals surface area contributed by atoms with Gasteiger partial charge in [-0.1, -0.05) is 13.8 Å². The van der Waals surface area contributed by atoms with E-state index >= 15 is 0 Å². The fraction of sp³-hybridized carbons (Fsp3) is 0.200. The molecule has 2 fully saturated rings. The average Bonchev–Trinajstić information content (AvgIpc) is 3.87. The van der Waals surface area contributed by atoms with Crippen LogP contribution < -0.4 is 0 Å². The number of nitrogens with zero attached hydrogens (tertiary/aromatic N) is 8. The van der Waals surface area contributed by atoms with Gasteiger partial charge in [0, 0.05) is 27.9 Å². The van der Waals surface area contributed by atoms with Gasteiger partial charge in [-0.15, -0.1) is 22.7 Å². The third-order valence-electron chi connectivity index (χ3n) is 8.59. The molecule has 4 heterocycles. The number of carbonyl (C=O) groups excluding carboxylic acids is 2. The molecule has 2 aliphatic heterocycles. The van der Waals surface area contributed by atoms with Gasteiger partial charge in [-0.05, 0) is 107 Å². The van der Waals surface area contributed by atoms with Crippen LogP contribution in [0.5, 0.6) is 0 Å². The zero-order chi connectivity index (χ0) is 34.8. The maximum atomic E-state index is 13.1. The van der Waals surface area contributed by atoms with Gasteiger partial charge >= 0.3 is 0 Å². The van der Waals surface area contributed by atoms with Gasteiger partial charge in [0.2, 0.25) is 0 Å². The number of amides is 2. The van der Waals surface area contributed by atoms with Crippen LogP contribution in [-0.4, -0.2) is 44.8 Å². The van der Waals surface area contributed by atoms with E-state index in [0.29, 0.717) is 33.1 Å². The van der Waals surface area contributed by atoms with E-state index in [1.54, 1.807) is 13.8 Å². The average molecular weight is 715 g/mol. The van der Waals surface area contributed by atoms with Gasteiger partial charge in [-0.3, -0.25) is 19.4 Å². The number of rotatable bonds is 4. The fourth-order valence-corrected chi connectivity index (χ4v) is 10.3. The van der Waals surface area contributed by atoms with E-state index in [1.165, 1.54) is 43.6 Å². The van der Waals surface area contributed by atoms with Crippen LogP contribution in [0.2, 0.25) is 0 Å². The number of benzene rings is 2. The molecular formula is C35H22N8O2S4. The highest BCUT2D eigenvalue weighted by Gasteiger charge is 2.38. The van der Waals surface area contributed by atoms with Crippen molar-refractivity contribution in [1.82, 2.24) is 9.80 Å². The van der Waals surface area contributed by atoms with Crippen molar-refractivity contribution in [2.75, 3.05) is 13.1 Å². The maximum Gasteiger partial charge on any atom is 0.284 e. The smallest absolute Gasteiger partial charge is 0.284 e. The van der Waals surface area contributed by atoms with E-state index in [-0.39, 0.29) is 38.5 Å². The first-order valence-electron chi connectivity index (χ1n) is 15.0. The summed E-state index contributed by atoms with van der Waals surface area (Å²) in [5, 5.41) is 41.9. The van der Waals surface area contributed by atoms with Crippen molar-refractivity contribution in [3.63, 3.8) is 0 Å². The Labute approximate surface area is 297 Å². The molecule has 2 amide bonds. The second-order valence-electron chi connectivity index (χ2n) is 11.6. The van der Waals surface area contributed by atoms with Gasteiger partial charge in [0.25, 0.3) is 11.8 Å². The molecule has 2 aromatic carbocycles. The minimum atomic E-state index is -0.324. The van der Waals surface area contributed by atoms with E-state index < -0.39 is 0 Å². The Bertz CT molecular complexity index is 2300. The topological polar surface area (TPSA) is 160 Å². The van der Waals surface area contributed by atoms with Crippen molar-refractivity contribution in [1.29, 1.82) is 21.0 Å². The Balaban J connectivity index is 1.26. The zero-order valence-corrected chi connectivity index (χ0v) is 29.7. The van der Waals surface area contributed by atoms with Crippen molar-refractivity contribution < 1.29 is 9.59 Å². The van der Waals surface area contributed by atoms with Crippen LogP contribution in [0.3, 0.4) is 0 Å². The molecule has 1 aliphatic carbocycles. The summed E-state index contributed by atoms with van der Waals surface area (Å²) in [4.78, 5) is 38.3. The molecule has 0 bridgehead atoms. The lowest BCUT2D eigenvalue weighted by Crippen LogP contribution is -2.26. The van der Waals surface area contributed by atoms with Gasteiger partial charge in [-0.2, -0.15) is 21.0 Å². The van der Waals surface area contributed by atoms with Crippen LogP contribution in [0.1, 0.15) is 38.8 Å². The quantitative estimate of drug-likeness (QED) is 0.191. The fourth-order valence-electron chi connectivity index (χ4n) is 6.21. The molecule has 49 heavy (non-hydrogen) atoms. The number of carbonyl (C=O) groups is 2. The summed E-state index contributed by atoms with van der Waals surface area (Å²) in [6, 6.07) is 20.2. The number of fused-ring (bicyclic) bond motifs is 5. The van der Waals surface area contributed by atoms with Crippen molar-refractivity contribution in [3.8, 4) is 35.4 Å². The van der Waals surface area contributed by atoms with E-state index in [9.17, 15) is 30.6 Å². The molecule has 238 valence electrons. The summed E-state index contributed by atoms with van der Waals surface area (Å²) < 4.78 is 2.03. The zero-order valence-electron chi connectivity index (χ0n) is 26.4. The van der Waals surface area contributed by atoms with Crippen LogP contribution in [-0.2, 0) is 15.0 Å². The summed E-state index contributed by atoms with van der Waals surface area (Å²) in [7, 11) is 0. The molecule has 4 aromatic rings. The number of thioether (sulfide) groups is 2. The van der Waals surface area contributed by atoms with Crippen molar-refractivity contribution in [2.24, 2.45) is 9.98 Å². The van der Waals surface area contributed by atoms with Crippen LogP contribution in [0.15, 0.2) is 67.6 Å². The molecule has 10 nitrogen and oxygen atoms in total. The minimum absolute atomic E-state index is 0.108. The predicted octanol–water partition coefficient (Wildman–Crippen LogP) is 8.19. The lowest BCUT2D eigenvalue weighted by Gasteiger charge is -2.21. The Morgan fingerprint density at radius 2 is 1.06 bits per heavy atom. The van der Waals surface area contributed by atoms with Gasteiger partial charge < -0.3 is 0 Å². The summed E-state index contributed by atoms with van der Waals surface area (Å²) in [6.45, 7) is 8.63. The number of aliphatic imine (C=N–C) groups is 2. The van der Waals surface area contributed by atoms with Gasteiger partial charge in [-0.25, -0.2) is 9.98 Å². The van der Waals surface area contributed by atoms with Crippen LogP contribution >= 0.6 is 46.2 Å². The lowest BCUT2D eigenvalue weighted by atomic mass is 9.82. The van der Waals surface area contributed by atoms with E-state index in [1.807, 2.05) is 36.4 Å². The highest BCUT2D eigenvalue weighted by atomic mass is 32.2. The number of thiophene rings is 2. The number of nitriles is 4. The second kappa shape index (κ2) is 12.0. The number of hydrogen-bond acceptors (Lipinski definition) is 12. The third kappa shape index (κ3) is 5.04. The first kappa shape index (κ1) is 32.3. The molecule has 0 N–H and O–H groups in total. The van der Waals surface area contributed by atoms with Crippen molar-refractivity contribution in [2.45, 2.75) is 33.1 Å². The standard InChI is InChI=1S/C35H22N8O2S4/c1-5-42-31(44)29(48-33(42)19(13-36)14-37)40-27-9-17-7-23-21(11-25(17)46-27)22-12-26-18(8-24(22)35(23,3)4)10-28(47-26)41-30-32(45)43(6-2)34(49-30)20(15-38)16-39/h7-12H,5-6H2,1-4H3. The first-order chi connectivity index (χ1) is 23.6. The van der Waals surface area contributed by atoms with Gasteiger partial charge in [0.15, 0.2) is 21.2 Å². The monoisotopic (exact) mass is 714 g/mol. The first-order valence-corrected chi connectivity index (χ1v) is 18.3. The third-order valence-corrected chi connectivity index (χ3v) is 12.7. The van der Waals surface area contributed by atoms with E-state index in [0.717, 1.165) is 54.8 Å². The SMILES string of the molecule is CCN1C(=O)C(=Nc2cc3cc4c(cc3s2)-c2cc3sc(N=C5SC(=C(C#N)C#N)N(CC)C5=O)cc3cc2C4(C)C)SC1=C(C#N)C#N. The van der Waals surface area contributed by atoms with E-state index in [4.69, 9.17) is 0 Å². The van der Waals surface area contributed by atoms with Gasteiger partial charge in [0.05, 0.1) is 0 Å².